The van der Waals surface area contributed by atoms with Crippen LogP contribution in [0.1, 0.15) is 23.3 Å². The van der Waals surface area contributed by atoms with Gasteiger partial charge in [-0.3, -0.25) is 9.89 Å². The lowest BCUT2D eigenvalue weighted by Crippen LogP contribution is -2.40. The molecule has 1 aromatic carbocycles. The first-order valence-electron chi connectivity index (χ1n) is 6.83. The van der Waals surface area contributed by atoms with Crippen LogP contribution in [-0.4, -0.2) is 40.1 Å². The van der Waals surface area contributed by atoms with Crippen molar-refractivity contribution in [2.45, 2.75) is 18.4 Å². The number of benzene rings is 1. The minimum atomic E-state index is -0.182. The van der Waals surface area contributed by atoms with Gasteiger partial charge in [0.2, 0.25) is 0 Å². The van der Waals surface area contributed by atoms with Crippen molar-refractivity contribution >= 4 is 21.8 Å². The number of rotatable bonds is 4. The van der Waals surface area contributed by atoms with Gasteiger partial charge in [0.25, 0.3) is 5.91 Å². The third-order valence-electron chi connectivity index (χ3n) is 3.74. The van der Waals surface area contributed by atoms with Crippen LogP contribution < -0.4 is 5.73 Å². The first kappa shape index (κ1) is 14.3. The van der Waals surface area contributed by atoms with Gasteiger partial charge in [-0.25, -0.2) is 0 Å². The number of nitrogens with two attached hydrogens (primary N) is 1. The maximum absolute atomic E-state index is 12.3. The molecule has 110 valence electrons. The van der Waals surface area contributed by atoms with Crippen molar-refractivity contribution in [1.29, 1.82) is 0 Å². The number of nitrogens with zero attached hydrogens (tertiary/aromatic N) is 2. The molecule has 0 aliphatic heterocycles. The second kappa shape index (κ2) is 5.27. The molecule has 1 aliphatic rings. The van der Waals surface area contributed by atoms with Crippen molar-refractivity contribution in [3.05, 3.63) is 40.5 Å². The molecule has 21 heavy (non-hydrogen) atoms. The molecule has 3 rings (SSSR count). The highest BCUT2D eigenvalue weighted by atomic mass is 79.9. The van der Waals surface area contributed by atoms with Gasteiger partial charge >= 0.3 is 0 Å². The fourth-order valence-electron chi connectivity index (χ4n) is 2.27. The normalized spacial score (nSPS) is 15.8. The quantitative estimate of drug-likeness (QED) is 0.890. The minimum Gasteiger partial charge on any atom is -0.339 e. The molecule has 1 aliphatic carbocycles. The maximum Gasteiger partial charge on any atom is 0.271 e. The Labute approximate surface area is 131 Å². The molecule has 1 saturated carbocycles. The van der Waals surface area contributed by atoms with Gasteiger partial charge in [-0.1, -0.05) is 28.1 Å². The lowest BCUT2D eigenvalue weighted by Gasteiger charge is -2.20. The van der Waals surface area contributed by atoms with Crippen molar-refractivity contribution < 1.29 is 4.79 Å². The Morgan fingerprint density at radius 1 is 1.43 bits per heavy atom. The molecule has 5 nitrogen and oxygen atoms in total. The van der Waals surface area contributed by atoms with Crippen LogP contribution in [0.4, 0.5) is 0 Å². The van der Waals surface area contributed by atoms with E-state index in [0.29, 0.717) is 12.2 Å². The van der Waals surface area contributed by atoms with E-state index >= 15 is 0 Å². The average Bonchev–Trinajstić information content (AvgIpc) is 3.00. The van der Waals surface area contributed by atoms with E-state index in [1.165, 1.54) is 0 Å². The zero-order valence-corrected chi connectivity index (χ0v) is 13.4. The van der Waals surface area contributed by atoms with Crippen LogP contribution in [0.3, 0.4) is 0 Å². The van der Waals surface area contributed by atoms with Crippen LogP contribution in [0, 0.1) is 0 Å². The van der Waals surface area contributed by atoms with E-state index in [9.17, 15) is 4.79 Å². The molecule has 1 fully saturated rings. The second-order valence-electron chi connectivity index (χ2n) is 5.70. The van der Waals surface area contributed by atoms with E-state index in [1.54, 1.807) is 18.0 Å². The van der Waals surface area contributed by atoms with Gasteiger partial charge in [0.05, 0.1) is 5.69 Å². The highest BCUT2D eigenvalue weighted by Crippen LogP contribution is 2.32. The summed E-state index contributed by atoms with van der Waals surface area (Å²) in [5.41, 5.74) is 8.08. The first-order chi connectivity index (χ1) is 9.97. The second-order valence-corrected chi connectivity index (χ2v) is 6.61. The molecule has 0 spiro atoms. The van der Waals surface area contributed by atoms with Gasteiger partial charge in [-0.05, 0) is 31.0 Å². The number of carbonyl (C=O) groups is 1. The molecule has 0 unspecified atom stereocenters. The van der Waals surface area contributed by atoms with E-state index in [2.05, 4.69) is 26.1 Å². The minimum absolute atomic E-state index is 0.0809. The fraction of sp³-hybridized carbons (Fsp3) is 0.333. The van der Waals surface area contributed by atoms with E-state index < -0.39 is 0 Å². The third kappa shape index (κ3) is 3.16. The lowest BCUT2D eigenvalue weighted by molar-refractivity contribution is 0.0776. The van der Waals surface area contributed by atoms with Gasteiger partial charge < -0.3 is 10.6 Å². The number of carbonyl (C=O) groups excluding carboxylic acids is 1. The Hall–Kier alpha value is -1.66. The van der Waals surface area contributed by atoms with Crippen molar-refractivity contribution in [3.63, 3.8) is 0 Å². The number of amides is 1. The highest BCUT2D eigenvalue weighted by molar-refractivity contribution is 9.10. The monoisotopic (exact) mass is 348 g/mol. The Kier molecular flexibility index (Phi) is 3.59. The molecular weight excluding hydrogens is 332 g/mol. The number of aromatic amines is 1. The summed E-state index contributed by atoms with van der Waals surface area (Å²) in [4.78, 5) is 14.0. The molecule has 1 amide bonds. The first-order valence-corrected chi connectivity index (χ1v) is 7.62. The highest BCUT2D eigenvalue weighted by Gasteiger charge is 2.40. The lowest BCUT2D eigenvalue weighted by atomic mass is 10.1. The summed E-state index contributed by atoms with van der Waals surface area (Å²) in [5.74, 6) is -0.0809. The number of H-pyrrole nitrogens is 1. The maximum atomic E-state index is 12.3. The Balaban J connectivity index is 1.74. The number of hydrogen-bond donors (Lipinski definition) is 2. The number of halogens is 1. The smallest absolute Gasteiger partial charge is 0.271 e. The number of nitrogens with one attached hydrogen (secondary N) is 1. The summed E-state index contributed by atoms with van der Waals surface area (Å²) in [6.07, 6.45) is 1.97. The van der Waals surface area contributed by atoms with E-state index in [1.807, 2.05) is 24.3 Å². The number of likely N-dealkylation sites (N-methyl/N-ethyl adjacent to an activating group) is 1. The zero-order chi connectivity index (χ0) is 15.0. The molecule has 0 saturated heterocycles. The van der Waals surface area contributed by atoms with Crippen LogP contribution in [0.2, 0.25) is 0 Å². The number of aromatic nitrogens is 2. The molecule has 1 heterocycles. The summed E-state index contributed by atoms with van der Waals surface area (Å²) >= 11 is 3.40. The van der Waals surface area contributed by atoms with Gasteiger partial charge in [0.1, 0.15) is 5.69 Å². The predicted octanol–water partition coefficient (Wildman–Crippen LogP) is 2.40. The van der Waals surface area contributed by atoms with Crippen molar-refractivity contribution in [3.8, 4) is 11.3 Å². The summed E-state index contributed by atoms with van der Waals surface area (Å²) in [6.45, 7) is 0.582. The van der Waals surface area contributed by atoms with Gasteiger partial charge in [0.15, 0.2) is 0 Å². The van der Waals surface area contributed by atoms with Gasteiger partial charge in [-0.2, -0.15) is 5.10 Å². The van der Waals surface area contributed by atoms with Crippen molar-refractivity contribution in [2.24, 2.45) is 5.73 Å². The van der Waals surface area contributed by atoms with E-state index in [-0.39, 0.29) is 11.4 Å². The molecule has 3 N–H and O–H groups in total. The van der Waals surface area contributed by atoms with E-state index in [4.69, 9.17) is 5.73 Å². The molecule has 2 aromatic rings. The molecule has 0 bridgehead atoms. The summed E-state index contributed by atoms with van der Waals surface area (Å²) in [6, 6.07) is 9.58. The van der Waals surface area contributed by atoms with Crippen molar-refractivity contribution in [1.82, 2.24) is 15.1 Å². The molecule has 1 aromatic heterocycles. The summed E-state index contributed by atoms with van der Waals surface area (Å²) in [7, 11) is 1.77. The van der Waals surface area contributed by atoms with Crippen molar-refractivity contribution in [2.75, 3.05) is 13.6 Å². The van der Waals surface area contributed by atoms with Crippen LogP contribution in [0.5, 0.6) is 0 Å². The van der Waals surface area contributed by atoms with Crippen LogP contribution in [-0.2, 0) is 0 Å². The third-order valence-corrected chi connectivity index (χ3v) is 4.27. The Morgan fingerprint density at radius 3 is 2.71 bits per heavy atom. The number of hydrogen-bond acceptors (Lipinski definition) is 3. The molecule has 0 atom stereocenters. The van der Waals surface area contributed by atoms with Crippen LogP contribution in [0.25, 0.3) is 11.3 Å². The summed E-state index contributed by atoms with van der Waals surface area (Å²) in [5, 5.41) is 7.02. The molecule has 6 heteroatoms. The van der Waals surface area contributed by atoms with Gasteiger partial charge in [0, 0.05) is 29.2 Å². The predicted molar refractivity (Wildman–Crippen MR) is 84.8 cm³/mol. The van der Waals surface area contributed by atoms with Crippen LogP contribution >= 0.6 is 15.9 Å². The van der Waals surface area contributed by atoms with Crippen LogP contribution in [0.15, 0.2) is 34.8 Å². The van der Waals surface area contributed by atoms with E-state index in [0.717, 1.165) is 28.6 Å². The van der Waals surface area contributed by atoms with Gasteiger partial charge in [-0.15, -0.1) is 0 Å². The molecule has 0 radical (unpaired) electrons. The largest absolute Gasteiger partial charge is 0.339 e. The average molecular weight is 349 g/mol. The summed E-state index contributed by atoms with van der Waals surface area (Å²) < 4.78 is 1.01. The fourth-order valence-corrected chi connectivity index (χ4v) is 2.53. The standard InChI is InChI=1S/C15H17BrN4O/c1-20(9-15(17)6-7-15)14(21)13-8-12(18-19-13)10-2-4-11(16)5-3-10/h2-5,8H,6-7,9,17H2,1H3,(H,18,19). The Morgan fingerprint density at radius 2 is 2.10 bits per heavy atom. The topological polar surface area (TPSA) is 75.0 Å². The SMILES string of the molecule is CN(CC1(N)CC1)C(=O)c1cc(-c2ccc(Br)cc2)n[nH]1. The Bertz CT molecular complexity index is 661. The molecular formula is C15H17BrN4O. The zero-order valence-electron chi connectivity index (χ0n) is 11.8.